The van der Waals surface area contributed by atoms with Gasteiger partial charge in [-0.2, -0.15) is 0 Å². The molecule has 0 fully saturated rings. The van der Waals surface area contributed by atoms with Gasteiger partial charge in [0.1, 0.15) is 12.4 Å². The van der Waals surface area contributed by atoms with Gasteiger partial charge in [-0.3, -0.25) is 4.79 Å². The van der Waals surface area contributed by atoms with Gasteiger partial charge >= 0.3 is 0 Å². The van der Waals surface area contributed by atoms with Gasteiger partial charge in [0, 0.05) is 13.1 Å². The molecule has 1 aliphatic heterocycles. The Labute approximate surface area is 153 Å². The van der Waals surface area contributed by atoms with E-state index in [0.29, 0.717) is 26.1 Å². The van der Waals surface area contributed by atoms with Gasteiger partial charge in [0.15, 0.2) is 0 Å². The molecule has 0 aliphatic carbocycles. The van der Waals surface area contributed by atoms with Crippen molar-refractivity contribution in [2.75, 3.05) is 0 Å². The highest BCUT2D eigenvalue weighted by atomic mass is 16.5. The topological polar surface area (TPSA) is 29.5 Å². The lowest BCUT2D eigenvalue weighted by Gasteiger charge is -2.28. The highest BCUT2D eigenvalue weighted by Gasteiger charge is 2.22. The number of hydrogen-bond donors (Lipinski definition) is 0. The van der Waals surface area contributed by atoms with Crippen LogP contribution in [0, 0.1) is 0 Å². The van der Waals surface area contributed by atoms with Crippen molar-refractivity contribution in [2.24, 2.45) is 0 Å². The molecule has 0 spiro atoms. The normalized spacial score (nSPS) is 13.4. The Morgan fingerprint density at radius 3 is 2.23 bits per heavy atom. The summed E-state index contributed by atoms with van der Waals surface area (Å²) < 4.78 is 5.82. The van der Waals surface area contributed by atoms with E-state index in [1.165, 1.54) is 5.56 Å². The van der Waals surface area contributed by atoms with E-state index in [-0.39, 0.29) is 5.91 Å². The number of carbonyl (C=O) groups is 1. The molecule has 0 atom stereocenters. The van der Waals surface area contributed by atoms with E-state index >= 15 is 0 Å². The van der Waals surface area contributed by atoms with Crippen LogP contribution in [0.3, 0.4) is 0 Å². The lowest BCUT2D eigenvalue weighted by molar-refractivity contribution is -0.132. The molecule has 0 radical (unpaired) electrons. The van der Waals surface area contributed by atoms with E-state index in [1.54, 1.807) is 0 Å². The van der Waals surface area contributed by atoms with Crippen LogP contribution in [-0.2, 0) is 30.9 Å². The van der Waals surface area contributed by atoms with Crippen LogP contribution in [-0.4, -0.2) is 10.8 Å². The number of ether oxygens (including phenoxy) is 1. The van der Waals surface area contributed by atoms with Crippen LogP contribution in [0.4, 0.5) is 0 Å². The lowest BCUT2D eigenvalue weighted by atomic mass is 9.99. The molecular formula is C23H21NO2. The molecule has 3 nitrogen and oxygen atoms in total. The SMILES string of the molecule is O=C1Cc2ccccc2CN1Cc1ccc(OCc2ccccc2)cc1. The molecule has 0 aromatic heterocycles. The molecule has 1 heterocycles. The fraction of sp³-hybridized carbons (Fsp3) is 0.174. The van der Waals surface area contributed by atoms with Crippen molar-refractivity contribution in [1.82, 2.24) is 4.90 Å². The third-order valence-electron chi connectivity index (χ3n) is 4.72. The van der Waals surface area contributed by atoms with Gasteiger partial charge in [0.05, 0.1) is 6.42 Å². The van der Waals surface area contributed by atoms with E-state index in [1.807, 2.05) is 77.7 Å². The summed E-state index contributed by atoms with van der Waals surface area (Å²) in [5.74, 6) is 1.03. The highest BCUT2D eigenvalue weighted by Crippen LogP contribution is 2.22. The van der Waals surface area contributed by atoms with Crippen molar-refractivity contribution < 1.29 is 9.53 Å². The van der Waals surface area contributed by atoms with E-state index in [4.69, 9.17) is 4.74 Å². The number of carbonyl (C=O) groups excluding carboxylic acids is 1. The van der Waals surface area contributed by atoms with Crippen molar-refractivity contribution >= 4 is 5.91 Å². The van der Waals surface area contributed by atoms with Gasteiger partial charge in [-0.15, -0.1) is 0 Å². The fourth-order valence-electron chi connectivity index (χ4n) is 3.25. The smallest absolute Gasteiger partial charge is 0.227 e. The van der Waals surface area contributed by atoms with Gasteiger partial charge in [0.2, 0.25) is 5.91 Å². The molecule has 3 heteroatoms. The summed E-state index contributed by atoms with van der Waals surface area (Å²) in [6.45, 7) is 1.87. The van der Waals surface area contributed by atoms with Crippen molar-refractivity contribution in [3.05, 3.63) is 101 Å². The van der Waals surface area contributed by atoms with Crippen LogP contribution in [0.15, 0.2) is 78.9 Å². The zero-order valence-corrected chi connectivity index (χ0v) is 14.6. The van der Waals surface area contributed by atoms with Gasteiger partial charge in [-0.05, 0) is 34.4 Å². The van der Waals surface area contributed by atoms with Crippen LogP contribution >= 0.6 is 0 Å². The van der Waals surface area contributed by atoms with Crippen LogP contribution in [0.2, 0.25) is 0 Å². The van der Waals surface area contributed by atoms with E-state index in [9.17, 15) is 4.79 Å². The predicted octanol–water partition coefficient (Wildman–Crippen LogP) is 4.35. The number of amides is 1. The van der Waals surface area contributed by atoms with E-state index < -0.39 is 0 Å². The van der Waals surface area contributed by atoms with Crippen LogP contribution in [0.5, 0.6) is 5.75 Å². The molecule has 4 rings (SSSR count). The Morgan fingerprint density at radius 1 is 0.769 bits per heavy atom. The molecule has 1 aliphatic rings. The third kappa shape index (κ3) is 3.77. The summed E-state index contributed by atoms with van der Waals surface area (Å²) in [7, 11) is 0. The van der Waals surface area contributed by atoms with Crippen molar-refractivity contribution in [2.45, 2.75) is 26.1 Å². The summed E-state index contributed by atoms with van der Waals surface area (Å²) in [6.07, 6.45) is 0.494. The first-order chi connectivity index (χ1) is 12.8. The molecular weight excluding hydrogens is 322 g/mol. The molecule has 26 heavy (non-hydrogen) atoms. The average molecular weight is 343 g/mol. The molecule has 0 saturated heterocycles. The monoisotopic (exact) mass is 343 g/mol. The minimum absolute atomic E-state index is 0.188. The maximum absolute atomic E-state index is 12.4. The Morgan fingerprint density at radius 2 is 1.46 bits per heavy atom. The summed E-state index contributed by atoms with van der Waals surface area (Å²) in [6, 6.07) is 26.3. The zero-order chi connectivity index (χ0) is 17.8. The maximum atomic E-state index is 12.4. The molecule has 3 aromatic carbocycles. The largest absolute Gasteiger partial charge is 0.489 e. The van der Waals surface area contributed by atoms with Crippen molar-refractivity contribution in [3.63, 3.8) is 0 Å². The molecule has 0 saturated carbocycles. The molecule has 0 unspecified atom stereocenters. The van der Waals surface area contributed by atoms with Crippen molar-refractivity contribution in [3.8, 4) is 5.75 Å². The molecule has 1 amide bonds. The summed E-state index contributed by atoms with van der Waals surface area (Å²) >= 11 is 0. The first-order valence-corrected chi connectivity index (χ1v) is 8.88. The number of fused-ring (bicyclic) bond motifs is 1. The van der Waals surface area contributed by atoms with E-state index in [0.717, 1.165) is 22.4 Å². The molecule has 0 bridgehead atoms. The summed E-state index contributed by atoms with van der Waals surface area (Å²) in [5.41, 5.74) is 4.66. The second-order valence-corrected chi connectivity index (χ2v) is 6.61. The Kier molecular flexibility index (Phi) is 4.69. The number of benzene rings is 3. The van der Waals surface area contributed by atoms with Crippen molar-refractivity contribution in [1.29, 1.82) is 0 Å². The highest BCUT2D eigenvalue weighted by molar-refractivity contribution is 5.80. The Hall–Kier alpha value is -3.07. The third-order valence-corrected chi connectivity index (χ3v) is 4.72. The summed E-state index contributed by atoms with van der Waals surface area (Å²) in [4.78, 5) is 14.3. The van der Waals surface area contributed by atoms with Crippen LogP contribution < -0.4 is 4.74 Å². The van der Waals surface area contributed by atoms with Crippen LogP contribution in [0.25, 0.3) is 0 Å². The number of rotatable bonds is 5. The summed E-state index contributed by atoms with van der Waals surface area (Å²) in [5, 5.41) is 0. The van der Waals surface area contributed by atoms with Crippen LogP contribution in [0.1, 0.15) is 22.3 Å². The minimum atomic E-state index is 0.188. The fourth-order valence-corrected chi connectivity index (χ4v) is 3.25. The molecule has 0 N–H and O–H groups in total. The minimum Gasteiger partial charge on any atom is -0.489 e. The van der Waals surface area contributed by atoms with Gasteiger partial charge in [0.25, 0.3) is 0 Å². The second-order valence-electron chi connectivity index (χ2n) is 6.61. The van der Waals surface area contributed by atoms with Gasteiger partial charge in [-0.1, -0.05) is 66.7 Å². The lowest BCUT2D eigenvalue weighted by Crippen LogP contribution is -2.35. The number of hydrogen-bond acceptors (Lipinski definition) is 2. The quantitative estimate of drug-likeness (QED) is 0.689. The Balaban J connectivity index is 1.38. The standard InChI is InChI=1S/C23H21NO2/c25-23-14-20-8-4-5-9-21(20)16-24(23)15-18-10-12-22(13-11-18)26-17-19-6-2-1-3-7-19/h1-13H,14-17H2. The van der Waals surface area contributed by atoms with Gasteiger partial charge in [-0.25, -0.2) is 0 Å². The first-order valence-electron chi connectivity index (χ1n) is 8.88. The predicted molar refractivity (Wildman–Crippen MR) is 102 cm³/mol. The Bertz CT molecular complexity index is 888. The zero-order valence-electron chi connectivity index (χ0n) is 14.6. The maximum Gasteiger partial charge on any atom is 0.227 e. The average Bonchev–Trinajstić information content (AvgIpc) is 2.69. The molecule has 130 valence electrons. The number of nitrogens with zero attached hydrogens (tertiary/aromatic N) is 1. The second kappa shape index (κ2) is 7.44. The molecule has 3 aromatic rings. The van der Waals surface area contributed by atoms with Gasteiger partial charge < -0.3 is 9.64 Å². The van der Waals surface area contributed by atoms with E-state index in [2.05, 4.69) is 6.07 Å². The first kappa shape index (κ1) is 16.4.